The largest absolute Gasteiger partial charge is 0.337 e. The first-order valence-corrected chi connectivity index (χ1v) is 7.83. The molecule has 0 saturated carbocycles. The Morgan fingerprint density at radius 1 is 1.12 bits per heavy atom. The zero-order chi connectivity index (χ0) is 17.1. The third kappa shape index (κ3) is 3.20. The number of aryl methyl sites for hydroxylation is 1. The van der Waals surface area contributed by atoms with Crippen LogP contribution in [0.3, 0.4) is 0 Å². The zero-order valence-electron chi connectivity index (χ0n) is 14.1. The van der Waals surface area contributed by atoms with E-state index in [0.717, 1.165) is 11.3 Å². The fraction of sp³-hybridized carbons (Fsp3) is 0.211. The van der Waals surface area contributed by atoms with Gasteiger partial charge in [-0.3, -0.25) is 4.79 Å². The molecule has 2 heterocycles. The molecule has 0 saturated heterocycles. The van der Waals surface area contributed by atoms with Gasteiger partial charge in [0.25, 0.3) is 5.91 Å². The summed E-state index contributed by atoms with van der Waals surface area (Å²) in [5.74, 6) is 0.658. The zero-order valence-corrected chi connectivity index (χ0v) is 14.1. The lowest BCUT2D eigenvalue weighted by atomic mass is 10.1. The average Bonchev–Trinajstić information content (AvgIpc) is 2.98. The van der Waals surface area contributed by atoms with E-state index in [1.165, 1.54) is 5.56 Å². The summed E-state index contributed by atoms with van der Waals surface area (Å²) in [6.45, 7) is 4.50. The molecule has 3 aromatic rings. The second kappa shape index (κ2) is 6.66. The van der Waals surface area contributed by atoms with Crippen LogP contribution < -0.4 is 0 Å². The number of amides is 1. The Kier molecular flexibility index (Phi) is 4.42. The van der Waals surface area contributed by atoms with Crippen molar-refractivity contribution in [2.24, 2.45) is 0 Å². The van der Waals surface area contributed by atoms with Gasteiger partial charge in [-0.15, -0.1) is 0 Å². The molecule has 122 valence electrons. The van der Waals surface area contributed by atoms with E-state index in [-0.39, 0.29) is 5.91 Å². The van der Waals surface area contributed by atoms with Crippen LogP contribution in [-0.4, -0.2) is 32.6 Å². The van der Waals surface area contributed by atoms with Crippen LogP contribution in [-0.2, 0) is 6.54 Å². The van der Waals surface area contributed by atoms with Crippen LogP contribution >= 0.6 is 0 Å². The molecular formula is C19H20N4O. The van der Waals surface area contributed by atoms with E-state index in [1.54, 1.807) is 29.0 Å². The monoisotopic (exact) mass is 320 g/mol. The first kappa shape index (κ1) is 15.9. The summed E-state index contributed by atoms with van der Waals surface area (Å²) in [4.78, 5) is 18.7. The first-order valence-electron chi connectivity index (χ1n) is 7.83. The predicted octanol–water partition coefficient (Wildman–Crippen LogP) is 3.16. The minimum atomic E-state index is -0.0461. The van der Waals surface area contributed by atoms with E-state index in [4.69, 9.17) is 0 Å². The highest BCUT2D eigenvalue weighted by Gasteiger charge is 2.19. The first-order chi connectivity index (χ1) is 11.6. The second-order valence-electron chi connectivity index (χ2n) is 5.89. The molecule has 0 spiro atoms. The van der Waals surface area contributed by atoms with Crippen molar-refractivity contribution in [2.45, 2.75) is 20.4 Å². The van der Waals surface area contributed by atoms with Gasteiger partial charge in [0.05, 0.1) is 17.5 Å². The molecule has 0 aliphatic carbocycles. The molecule has 5 nitrogen and oxygen atoms in total. The van der Waals surface area contributed by atoms with Gasteiger partial charge in [0.1, 0.15) is 0 Å². The van der Waals surface area contributed by atoms with Crippen LogP contribution in [0.4, 0.5) is 0 Å². The van der Waals surface area contributed by atoms with Gasteiger partial charge in [-0.25, -0.2) is 9.67 Å². The van der Waals surface area contributed by atoms with E-state index in [2.05, 4.69) is 22.2 Å². The van der Waals surface area contributed by atoms with E-state index < -0.39 is 0 Å². The minimum absolute atomic E-state index is 0.0461. The SMILES string of the molecule is Cc1ccc(CN(C)C(=O)c2cnn(-c3ccccn3)c2C)cc1. The number of rotatable bonds is 4. The predicted molar refractivity (Wildman–Crippen MR) is 93.1 cm³/mol. The Balaban J connectivity index is 1.80. The molecule has 1 aromatic carbocycles. The summed E-state index contributed by atoms with van der Waals surface area (Å²) in [6, 6.07) is 13.8. The molecule has 0 aliphatic heterocycles. The molecule has 0 aliphatic rings. The molecule has 1 amide bonds. The van der Waals surface area contributed by atoms with Gasteiger partial charge in [0.15, 0.2) is 5.82 Å². The van der Waals surface area contributed by atoms with Crippen LogP contribution in [0.1, 0.15) is 27.2 Å². The highest BCUT2D eigenvalue weighted by Crippen LogP contribution is 2.15. The van der Waals surface area contributed by atoms with Crippen molar-refractivity contribution in [3.8, 4) is 5.82 Å². The van der Waals surface area contributed by atoms with Crippen LogP contribution in [0.5, 0.6) is 0 Å². The molecule has 2 aromatic heterocycles. The smallest absolute Gasteiger partial charge is 0.257 e. The Morgan fingerprint density at radius 3 is 2.54 bits per heavy atom. The van der Waals surface area contributed by atoms with E-state index in [1.807, 2.05) is 44.2 Å². The van der Waals surface area contributed by atoms with Crippen LogP contribution in [0.25, 0.3) is 5.82 Å². The van der Waals surface area contributed by atoms with Gasteiger partial charge in [-0.1, -0.05) is 35.9 Å². The number of benzene rings is 1. The van der Waals surface area contributed by atoms with E-state index >= 15 is 0 Å². The fourth-order valence-electron chi connectivity index (χ4n) is 2.57. The summed E-state index contributed by atoms with van der Waals surface area (Å²) in [7, 11) is 1.81. The Labute approximate surface area is 141 Å². The number of carbonyl (C=O) groups is 1. The fourth-order valence-corrected chi connectivity index (χ4v) is 2.57. The number of hydrogen-bond acceptors (Lipinski definition) is 3. The molecule has 5 heteroatoms. The van der Waals surface area contributed by atoms with Crippen molar-refractivity contribution in [3.05, 3.63) is 77.2 Å². The van der Waals surface area contributed by atoms with Crippen LogP contribution in [0.2, 0.25) is 0 Å². The summed E-state index contributed by atoms with van der Waals surface area (Å²) in [5.41, 5.74) is 3.69. The highest BCUT2D eigenvalue weighted by molar-refractivity contribution is 5.95. The maximum absolute atomic E-state index is 12.7. The summed E-state index contributed by atoms with van der Waals surface area (Å²) >= 11 is 0. The topological polar surface area (TPSA) is 51.0 Å². The molecule has 24 heavy (non-hydrogen) atoms. The van der Waals surface area contributed by atoms with Crippen molar-refractivity contribution in [1.29, 1.82) is 0 Å². The number of aromatic nitrogens is 3. The van der Waals surface area contributed by atoms with Gasteiger partial charge < -0.3 is 4.90 Å². The molecule has 0 radical (unpaired) electrons. The van der Waals surface area contributed by atoms with Gasteiger partial charge in [0, 0.05) is 19.8 Å². The highest BCUT2D eigenvalue weighted by atomic mass is 16.2. The number of hydrogen-bond donors (Lipinski definition) is 0. The molecular weight excluding hydrogens is 300 g/mol. The lowest BCUT2D eigenvalue weighted by Gasteiger charge is -2.17. The standard InChI is InChI=1S/C19H20N4O/c1-14-7-9-16(10-8-14)13-22(3)19(24)17-12-21-23(15(17)2)18-6-4-5-11-20-18/h4-12H,13H2,1-3H3. The van der Waals surface area contributed by atoms with E-state index in [0.29, 0.717) is 17.9 Å². The van der Waals surface area contributed by atoms with Crippen LogP contribution in [0, 0.1) is 13.8 Å². The lowest BCUT2D eigenvalue weighted by molar-refractivity contribution is 0.0784. The molecule has 0 fully saturated rings. The third-order valence-electron chi connectivity index (χ3n) is 3.99. The maximum Gasteiger partial charge on any atom is 0.257 e. The van der Waals surface area contributed by atoms with Crippen molar-refractivity contribution in [2.75, 3.05) is 7.05 Å². The van der Waals surface area contributed by atoms with Crippen molar-refractivity contribution in [3.63, 3.8) is 0 Å². The Hall–Kier alpha value is -2.95. The summed E-state index contributed by atoms with van der Waals surface area (Å²) < 4.78 is 1.69. The van der Waals surface area contributed by atoms with Crippen molar-refractivity contribution in [1.82, 2.24) is 19.7 Å². The number of carbonyl (C=O) groups excluding carboxylic acids is 1. The Morgan fingerprint density at radius 2 is 1.88 bits per heavy atom. The Bertz CT molecular complexity index is 838. The minimum Gasteiger partial charge on any atom is -0.337 e. The van der Waals surface area contributed by atoms with Gasteiger partial charge in [0.2, 0.25) is 0 Å². The molecule has 0 bridgehead atoms. The maximum atomic E-state index is 12.7. The van der Waals surface area contributed by atoms with Crippen molar-refractivity contribution < 1.29 is 4.79 Å². The lowest BCUT2D eigenvalue weighted by Crippen LogP contribution is -2.26. The van der Waals surface area contributed by atoms with E-state index in [9.17, 15) is 4.79 Å². The van der Waals surface area contributed by atoms with Crippen LogP contribution in [0.15, 0.2) is 54.9 Å². The molecule has 0 unspecified atom stereocenters. The number of pyridine rings is 1. The molecule has 0 atom stereocenters. The second-order valence-corrected chi connectivity index (χ2v) is 5.89. The quantitative estimate of drug-likeness (QED) is 0.742. The third-order valence-corrected chi connectivity index (χ3v) is 3.99. The molecule has 3 rings (SSSR count). The van der Waals surface area contributed by atoms with Gasteiger partial charge >= 0.3 is 0 Å². The number of nitrogens with zero attached hydrogens (tertiary/aromatic N) is 4. The molecule has 0 N–H and O–H groups in total. The van der Waals surface area contributed by atoms with Gasteiger partial charge in [-0.2, -0.15) is 5.10 Å². The average molecular weight is 320 g/mol. The summed E-state index contributed by atoms with van der Waals surface area (Å²) in [6.07, 6.45) is 3.32. The van der Waals surface area contributed by atoms with Crippen molar-refractivity contribution >= 4 is 5.91 Å². The summed E-state index contributed by atoms with van der Waals surface area (Å²) in [5, 5.41) is 4.31. The van der Waals surface area contributed by atoms with Gasteiger partial charge in [-0.05, 0) is 31.5 Å². The normalized spacial score (nSPS) is 10.6.